The molecule has 2 rings (SSSR count). The SMILES string of the molecule is CC[C@H](C)NC(=O)c1ccccc1NC(=O)CCc1ccc(OC)c(C)c1. The number of amides is 2. The molecule has 5 nitrogen and oxygen atoms in total. The van der Waals surface area contributed by atoms with Crippen LogP contribution in [0.2, 0.25) is 0 Å². The largest absolute Gasteiger partial charge is 0.496 e. The van der Waals surface area contributed by atoms with Gasteiger partial charge in [-0.1, -0.05) is 31.2 Å². The number of nitrogens with one attached hydrogen (secondary N) is 2. The molecule has 0 fully saturated rings. The fourth-order valence-electron chi connectivity index (χ4n) is 2.76. The topological polar surface area (TPSA) is 67.4 Å². The maximum atomic E-state index is 12.4. The molecule has 0 bridgehead atoms. The van der Waals surface area contributed by atoms with E-state index in [0.29, 0.717) is 24.1 Å². The number of hydrogen-bond donors (Lipinski definition) is 2. The summed E-state index contributed by atoms with van der Waals surface area (Å²) in [5.74, 6) is 0.544. The van der Waals surface area contributed by atoms with Crippen molar-refractivity contribution in [3.8, 4) is 5.75 Å². The molecule has 0 unspecified atom stereocenters. The Hall–Kier alpha value is -2.82. The van der Waals surface area contributed by atoms with E-state index in [1.54, 1.807) is 25.3 Å². The Kier molecular flexibility index (Phi) is 7.41. The minimum atomic E-state index is -0.175. The van der Waals surface area contributed by atoms with Crippen LogP contribution in [0.4, 0.5) is 5.69 Å². The Morgan fingerprint density at radius 3 is 2.56 bits per heavy atom. The highest BCUT2D eigenvalue weighted by molar-refractivity contribution is 6.03. The number of hydrogen-bond acceptors (Lipinski definition) is 3. The van der Waals surface area contributed by atoms with Crippen molar-refractivity contribution in [2.24, 2.45) is 0 Å². The molecule has 0 spiro atoms. The molecule has 0 radical (unpaired) electrons. The van der Waals surface area contributed by atoms with Crippen molar-refractivity contribution in [3.63, 3.8) is 0 Å². The summed E-state index contributed by atoms with van der Waals surface area (Å²) >= 11 is 0. The molecule has 0 heterocycles. The highest BCUT2D eigenvalue weighted by Gasteiger charge is 2.14. The minimum absolute atomic E-state index is 0.0829. The Bertz CT molecular complexity index is 802. The van der Waals surface area contributed by atoms with Gasteiger partial charge >= 0.3 is 0 Å². The zero-order valence-corrected chi connectivity index (χ0v) is 16.5. The highest BCUT2D eigenvalue weighted by Crippen LogP contribution is 2.20. The molecule has 2 N–H and O–H groups in total. The Balaban J connectivity index is 1.99. The van der Waals surface area contributed by atoms with Crippen molar-refractivity contribution in [2.45, 2.75) is 46.1 Å². The quantitative estimate of drug-likeness (QED) is 0.737. The van der Waals surface area contributed by atoms with Gasteiger partial charge in [0.1, 0.15) is 5.75 Å². The summed E-state index contributed by atoms with van der Waals surface area (Å²) in [7, 11) is 1.64. The molecule has 0 saturated carbocycles. The van der Waals surface area contributed by atoms with Gasteiger partial charge in [0.25, 0.3) is 5.91 Å². The molecule has 0 aliphatic heterocycles. The molecule has 5 heteroatoms. The monoisotopic (exact) mass is 368 g/mol. The van der Waals surface area contributed by atoms with Gasteiger partial charge in [0.05, 0.1) is 18.4 Å². The van der Waals surface area contributed by atoms with Crippen molar-refractivity contribution in [1.29, 1.82) is 0 Å². The van der Waals surface area contributed by atoms with E-state index in [2.05, 4.69) is 10.6 Å². The van der Waals surface area contributed by atoms with Crippen molar-refractivity contribution >= 4 is 17.5 Å². The van der Waals surface area contributed by atoms with Crippen LogP contribution in [0.3, 0.4) is 0 Å². The zero-order chi connectivity index (χ0) is 19.8. The fraction of sp³-hybridized carbons (Fsp3) is 0.364. The lowest BCUT2D eigenvalue weighted by Gasteiger charge is -2.14. The van der Waals surface area contributed by atoms with Crippen molar-refractivity contribution in [3.05, 3.63) is 59.2 Å². The van der Waals surface area contributed by atoms with Crippen LogP contribution in [0.1, 0.15) is 48.2 Å². The average molecular weight is 368 g/mol. The third kappa shape index (κ3) is 5.84. The zero-order valence-electron chi connectivity index (χ0n) is 16.5. The van der Waals surface area contributed by atoms with Crippen LogP contribution in [0.25, 0.3) is 0 Å². The van der Waals surface area contributed by atoms with Crippen LogP contribution in [0.5, 0.6) is 5.75 Å². The number of benzene rings is 2. The van der Waals surface area contributed by atoms with Crippen LogP contribution in [0, 0.1) is 6.92 Å². The summed E-state index contributed by atoms with van der Waals surface area (Å²) in [6.45, 7) is 5.95. The van der Waals surface area contributed by atoms with Gasteiger partial charge in [-0.2, -0.15) is 0 Å². The number of carbonyl (C=O) groups excluding carboxylic acids is 2. The Morgan fingerprint density at radius 1 is 1.15 bits per heavy atom. The third-order valence-corrected chi connectivity index (χ3v) is 4.54. The summed E-state index contributed by atoms with van der Waals surface area (Å²) in [5, 5.41) is 5.80. The lowest BCUT2D eigenvalue weighted by atomic mass is 10.1. The minimum Gasteiger partial charge on any atom is -0.496 e. The van der Waals surface area contributed by atoms with Crippen LogP contribution in [0.15, 0.2) is 42.5 Å². The number of rotatable bonds is 8. The summed E-state index contributed by atoms with van der Waals surface area (Å²) in [5.41, 5.74) is 3.13. The lowest BCUT2D eigenvalue weighted by molar-refractivity contribution is -0.116. The lowest BCUT2D eigenvalue weighted by Crippen LogP contribution is -2.32. The van der Waals surface area contributed by atoms with E-state index in [9.17, 15) is 9.59 Å². The molecular weight excluding hydrogens is 340 g/mol. The van der Waals surface area contributed by atoms with Crippen LogP contribution in [-0.4, -0.2) is 25.0 Å². The van der Waals surface area contributed by atoms with Crippen molar-refractivity contribution in [2.75, 3.05) is 12.4 Å². The van der Waals surface area contributed by atoms with Gasteiger partial charge in [0.2, 0.25) is 5.91 Å². The fourth-order valence-corrected chi connectivity index (χ4v) is 2.76. The summed E-state index contributed by atoms with van der Waals surface area (Å²) in [6, 6.07) is 13.1. The molecule has 2 aromatic rings. The van der Waals surface area contributed by atoms with E-state index in [1.807, 2.05) is 45.0 Å². The van der Waals surface area contributed by atoms with E-state index in [4.69, 9.17) is 4.74 Å². The van der Waals surface area contributed by atoms with Crippen LogP contribution >= 0.6 is 0 Å². The van der Waals surface area contributed by atoms with Gasteiger partial charge in [0.15, 0.2) is 0 Å². The second-order valence-corrected chi connectivity index (χ2v) is 6.68. The third-order valence-electron chi connectivity index (χ3n) is 4.54. The molecule has 0 aliphatic carbocycles. The molecule has 1 atom stereocenters. The van der Waals surface area contributed by atoms with E-state index < -0.39 is 0 Å². The molecule has 2 amide bonds. The van der Waals surface area contributed by atoms with Gasteiger partial charge < -0.3 is 15.4 Å². The van der Waals surface area contributed by atoms with Gasteiger partial charge in [-0.3, -0.25) is 9.59 Å². The van der Waals surface area contributed by atoms with Crippen molar-refractivity contribution in [1.82, 2.24) is 5.32 Å². The van der Waals surface area contributed by atoms with E-state index >= 15 is 0 Å². The smallest absolute Gasteiger partial charge is 0.253 e. The standard InChI is InChI=1S/C22H28N2O3/c1-5-16(3)23-22(26)18-8-6-7-9-19(18)24-21(25)13-11-17-10-12-20(27-4)15(2)14-17/h6-10,12,14,16H,5,11,13H2,1-4H3,(H,23,26)(H,24,25)/t16-/m0/s1. The Morgan fingerprint density at radius 2 is 1.89 bits per heavy atom. The molecule has 0 aliphatic rings. The number of para-hydroxylation sites is 1. The second-order valence-electron chi connectivity index (χ2n) is 6.68. The molecular formula is C22H28N2O3. The first-order valence-corrected chi connectivity index (χ1v) is 9.27. The van der Waals surface area contributed by atoms with Gasteiger partial charge in [0, 0.05) is 12.5 Å². The first kappa shape index (κ1) is 20.5. The molecule has 2 aromatic carbocycles. The maximum Gasteiger partial charge on any atom is 0.253 e. The van der Waals surface area contributed by atoms with E-state index in [0.717, 1.165) is 23.3 Å². The first-order valence-electron chi connectivity index (χ1n) is 9.27. The normalized spacial score (nSPS) is 11.6. The van der Waals surface area contributed by atoms with E-state index in [1.165, 1.54) is 0 Å². The second kappa shape index (κ2) is 9.76. The summed E-state index contributed by atoms with van der Waals surface area (Å²) in [6.07, 6.45) is 1.81. The molecule has 0 saturated heterocycles. The number of carbonyl (C=O) groups is 2. The number of ether oxygens (including phenoxy) is 1. The average Bonchev–Trinajstić information content (AvgIpc) is 2.66. The highest BCUT2D eigenvalue weighted by atomic mass is 16.5. The first-order chi connectivity index (χ1) is 12.9. The predicted octanol–water partition coefficient (Wildman–Crippen LogP) is 4.10. The summed E-state index contributed by atoms with van der Waals surface area (Å²) in [4.78, 5) is 24.8. The molecule has 27 heavy (non-hydrogen) atoms. The molecule has 144 valence electrons. The number of aryl methyl sites for hydroxylation is 2. The predicted molar refractivity (Wildman–Crippen MR) is 108 cm³/mol. The molecule has 0 aromatic heterocycles. The van der Waals surface area contributed by atoms with Crippen LogP contribution in [-0.2, 0) is 11.2 Å². The maximum absolute atomic E-state index is 12.4. The van der Waals surface area contributed by atoms with Gasteiger partial charge in [-0.25, -0.2) is 0 Å². The van der Waals surface area contributed by atoms with Gasteiger partial charge in [-0.05, 0) is 56.0 Å². The van der Waals surface area contributed by atoms with Gasteiger partial charge in [-0.15, -0.1) is 0 Å². The number of methoxy groups -OCH3 is 1. The van der Waals surface area contributed by atoms with Crippen LogP contribution < -0.4 is 15.4 Å². The summed E-state index contributed by atoms with van der Waals surface area (Å²) < 4.78 is 5.26. The number of anilines is 1. The van der Waals surface area contributed by atoms with Crippen molar-refractivity contribution < 1.29 is 14.3 Å². The van der Waals surface area contributed by atoms with E-state index in [-0.39, 0.29) is 17.9 Å². The Labute approximate surface area is 161 Å².